The van der Waals surface area contributed by atoms with Gasteiger partial charge in [-0.15, -0.1) is 5.10 Å². The fourth-order valence-corrected chi connectivity index (χ4v) is 5.55. The number of anilines is 2. The van der Waals surface area contributed by atoms with Crippen LogP contribution in [0.4, 0.5) is 24.8 Å². The second kappa shape index (κ2) is 8.18. The van der Waals surface area contributed by atoms with Gasteiger partial charge in [-0.1, -0.05) is 11.6 Å². The van der Waals surface area contributed by atoms with Crippen molar-refractivity contribution in [2.24, 2.45) is 11.8 Å². The van der Waals surface area contributed by atoms with Gasteiger partial charge in [-0.2, -0.15) is 18.2 Å². The fourth-order valence-electron chi connectivity index (χ4n) is 5.39. The summed E-state index contributed by atoms with van der Waals surface area (Å²) in [5, 5.41) is 8.65. The monoisotopic (exact) mass is 492 g/mol. The van der Waals surface area contributed by atoms with Crippen LogP contribution in [-0.2, 0) is 0 Å². The zero-order valence-electron chi connectivity index (χ0n) is 18.3. The Kier molecular flexibility index (Phi) is 5.24. The molecule has 3 aliphatic rings. The lowest BCUT2D eigenvalue weighted by Crippen LogP contribution is -2.48. The smallest absolute Gasteiger partial charge is 0.422 e. The number of fused-ring (bicyclic) bond motifs is 3. The summed E-state index contributed by atoms with van der Waals surface area (Å²) in [5.41, 5.74) is 2.36. The summed E-state index contributed by atoms with van der Waals surface area (Å²) >= 11 is 6.09. The highest BCUT2D eigenvalue weighted by Crippen LogP contribution is 2.42. The number of rotatable bonds is 6. The molecule has 0 radical (unpaired) electrons. The quantitative estimate of drug-likeness (QED) is 0.492. The van der Waals surface area contributed by atoms with E-state index in [2.05, 4.69) is 25.3 Å². The van der Waals surface area contributed by atoms with Gasteiger partial charge in [0.1, 0.15) is 5.15 Å². The first-order chi connectivity index (χ1) is 16.3. The van der Waals surface area contributed by atoms with Gasteiger partial charge < -0.3 is 15.0 Å². The Morgan fingerprint density at radius 3 is 2.53 bits per heavy atom. The average Bonchev–Trinajstić information content (AvgIpc) is 3.50. The molecule has 2 aliphatic carbocycles. The van der Waals surface area contributed by atoms with E-state index in [4.69, 9.17) is 16.3 Å². The van der Waals surface area contributed by atoms with E-state index in [1.54, 1.807) is 22.8 Å². The topological polar surface area (TPSA) is 67.6 Å². The van der Waals surface area contributed by atoms with Crippen LogP contribution in [-0.4, -0.2) is 51.5 Å². The minimum atomic E-state index is -4.42. The summed E-state index contributed by atoms with van der Waals surface area (Å²) in [6.07, 6.45) is 1.58. The first-order valence-corrected chi connectivity index (χ1v) is 11.9. The highest BCUT2D eigenvalue weighted by molar-refractivity contribution is 6.29. The van der Waals surface area contributed by atoms with Gasteiger partial charge in [0.05, 0.1) is 0 Å². The molecule has 1 N–H and O–H groups in total. The number of hydrogen-bond acceptors (Lipinski definition) is 6. The van der Waals surface area contributed by atoms with E-state index in [-0.39, 0.29) is 11.8 Å². The van der Waals surface area contributed by atoms with Crippen LogP contribution < -0.4 is 15.0 Å². The average molecular weight is 493 g/mol. The number of halogens is 4. The minimum absolute atomic E-state index is 0.0923. The molecule has 11 heteroatoms. The molecule has 0 spiro atoms. The van der Waals surface area contributed by atoms with E-state index in [9.17, 15) is 13.2 Å². The van der Waals surface area contributed by atoms with E-state index >= 15 is 0 Å². The van der Waals surface area contributed by atoms with E-state index in [0.717, 1.165) is 50.2 Å². The predicted octanol–water partition coefficient (Wildman–Crippen LogP) is 4.92. The second-order valence-corrected chi connectivity index (χ2v) is 9.87. The van der Waals surface area contributed by atoms with E-state index < -0.39 is 12.8 Å². The van der Waals surface area contributed by atoms with Crippen molar-refractivity contribution >= 4 is 28.9 Å². The third-order valence-electron chi connectivity index (χ3n) is 7.07. The Morgan fingerprint density at radius 1 is 1.09 bits per heavy atom. The van der Waals surface area contributed by atoms with Crippen molar-refractivity contribution < 1.29 is 17.9 Å². The Labute approximate surface area is 199 Å². The molecule has 4 heterocycles. The lowest BCUT2D eigenvalue weighted by Gasteiger charge is -2.39. The van der Waals surface area contributed by atoms with Crippen LogP contribution in [0.2, 0.25) is 5.15 Å². The number of pyridine rings is 2. The van der Waals surface area contributed by atoms with E-state index in [1.807, 2.05) is 12.1 Å². The Hall–Kier alpha value is -2.75. The van der Waals surface area contributed by atoms with Crippen LogP contribution in [0.5, 0.6) is 5.75 Å². The van der Waals surface area contributed by atoms with Crippen molar-refractivity contribution in [3.8, 4) is 5.75 Å². The first kappa shape index (κ1) is 21.8. The van der Waals surface area contributed by atoms with Gasteiger partial charge in [-0.25, -0.2) is 9.50 Å². The summed E-state index contributed by atoms with van der Waals surface area (Å²) < 4.78 is 45.0. The van der Waals surface area contributed by atoms with Crippen LogP contribution >= 0.6 is 11.6 Å². The van der Waals surface area contributed by atoms with Crippen LogP contribution in [0.15, 0.2) is 30.5 Å². The SMILES string of the molecule is FC(F)(F)COc1ccc(C2CC2)n2nc(NC3[C@@H]4CC[C@H]3CN(c3ccnc(Cl)c3)C4)nc12. The summed E-state index contributed by atoms with van der Waals surface area (Å²) in [6, 6.07) is 7.45. The maximum absolute atomic E-state index is 12.7. The number of aromatic nitrogens is 4. The minimum Gasteiger partial charge on any atom is -0.480 e. The van der Waals surface area contributed by atoms with Gasteiger partial charge in [0.15, 0.2) is 18.0 Å². The van der Waals surface area contributed by atoms with Gasteiger partial charge in [0.25, 0.3) is 0 Å². The number of nitrogens with zero attached hydrogens (tertiary/aromatic N) is 5. The molecule has 0 aromatic carbocycles. The number of ether oxygens (including phenoxy) is 1. The van der Waals surface area contributed by atoms with Crippen molar-refractivity contribution in [3.63, 3.8) is 0 Å². The lowest BCUT2D eigenvalue weighted by molar-refractivity contribution is -0.153. The van der Waals surface area contributed by atoms with Crippen molar-refractivity contribution in [2.75, 3.05) is 29.9 Å². The Bertz CT molecular complexity index is 1200. The molecule has 180 valence electrons. The predicted molar refractivity (Wildman–Crippen MR) is 122 cm³/mol. The van der Waals surface area contributed by atoms with Crippen LogP contribution in [0.1, 0.15) is 37.3 Å². The molecule has 6 rings (SSSR count). The molecule has 3 aromatic rings. The molecule has 34 heavy (non-hydrogen) atoms. The van der Waals surface area contributed by atoms with Crippen LogP contribution in [0, 0.1) is 11.8 Å². The number of nitrogens with one attached hydrogen (secondary N) is 1. The van der Waals surface area contributed by atoms with Crippen molar-refractivity contribution in [3.05, 3.63) is 41.3 Å². The molecule has 2 saturated carbocycles. The molecule has 1 saturated heterocycles. The molecule has 1 unspecified atom stereocenters. The zero-order chi connectivity index (χ0) is 23.4. The standard InChI is InChI=1S/C23H24ClF3N6O/c24-19-9-16(7-8-28-19)32-10-14-3-4-15(11-32)20(14)29-22-30-21-18(34-12-23(25,26)27)6-5-17(13-1-2-13)33(21)31-22/h5-9,13-15,20H,1-4,10-12H2,(H,29,31)/t14-,15+,20?. The third-order valence-corrected chi connectivity index (χ3v) is 7.28. The van der Waals surface area contributed by atoms with Crippen molar-refractivity contribution in [2.45, 2.75) is 43.8 Å². The molecule has 3 fully saturated rings. The Morgan fingerprint density at radius 2 is 1.85 bits per heavy atom. The van der Waals surface area contributed by atoms with Crippen molar-refractivity contribution in [1.82, 2.24) is 19.6 Å². The maximum Gasteiger partial charge on any atom is 0.422 e. The molecule has 0 amide bonds. The molecular weight excluding hydrogens is 469 g/mol. The summed E-state index contributed by atoms with van der Waals surface area (Å²) in [6.45, 7) is 0.410. The van der Waals surface area contributed by atoms with Crippen LogP contribution in [0.25, 0.3) is 5.65 Å². The van der Waals surface area contributed by atoms with E-state index in [1.165, 1.54) is 0 Å². The van der Waals surface area contributed by atoms with Crippen molar-refractivity contribution in [1.29, 1.82) is 0 Å². The van der Waals surface area contributed by atoms with Gasteiger partial charge in [-0.05, 0) is 61.8 Å². The highest BCUT2D eigenvalue weighted by atomic mass is 35.5. The molecular formula is C23H24ClF3N6O. The molecule has 2 bridgehead atoms. The maximum atomic E-state index is 12.7. The third kappa shape index (κ3) is 4.23. The fraction of sp³-hybridized carbons (Fsp3) is 0.522. The van der Waals surface area contributed by atoms with E-state index in [0.29, 0.717) is 34.5 Å². The van der Waals surface area contributed by atoms with Gasteiger partial charge >= 0.3 is 6.18 Å². The first-order valence-electron chi connectivity index (χ1n) is 11.6. The summed E-state index contributed by atoms with van der Waals surface area (Å²) in [5.74, 6) is 1.70. The largest absolute Gasteiger partial charge is 0.480 e. The molecule has 7 nitrogen and oxygen atoms in total. The van der Waals surface area contributed by atoms with Gasteiger partial charge in [0, 0.05) is 42.6 Å². The Balaban J connectivity index is 1.24. The second-order valence-electron chi connectivity index (χ2n) is 9.48. The van der Waals surface area contributed by atoms with Gasteiger partial charge in [0.2, 0.25) is 5.95 Å². The summed E-state index contributed by atoms with van der Waals surface area (Å²) in [7, 11) is 0. The molecule has 3 atom stereocenters. The van der Waals surface area contributed by atoms with Crippen LogP contribution in [0.3, 0.4) is 0 Å². The number of piperidine rings is 1. The normalized spacial score (nSPS) is 24.6. The highest BCUT2D eigenvalue weighted by Gasteiger charge is 2.43. The number of alkyl halides is 3. The number of hydrogen-bond donors (Lipinski definition) is 1. The zero-order valence-corrected chi connectivity index (χ0v) is 19.1. The van der Waals surface area contributed by atoms with Gasteiger partial charge in [-0.3, -0.25) is 0 Å². The summed E-state index contributed by atoms with van der Waals surface area (Å²) in [4.78, 5) is 11.0. The lowest BCUT2D eigenvalue weighted by atomic mass is 9.92. The molecule has 3 aromatic heterocycles. The molecule has 1 aliphatic heterocycles.